The summed E-state index contributed by atoms with van der Waals surface area (Å²) in [6.07, 6.45) is 0.817. The predicted molar refractivity (Wildman–Crippen MR) is 145 cm³/mol. The van der Waals surface area contributed by atoms with Crippen molar-refractivity contribution >= 4 is 29.6 Å². The van der Waals surface area contributed by atoms with Crippen LogP contribution in [0, 0.1) is 0 Å². The number of rotatable bonds is 13. The van der Waals surface area contributed by atoms with Crippen LogP contribution in [-0.4, -0.2) is 75.4 Å². The number of phenolic OH excluding ortho intramolecular Hbond substituents is 1. The summed E-state index contributed by atoms with van der Waals surface area (Å²) in [5.41, 5.74) is 12.4. The first-order chi connectivity index (χ1) is 19.0. The molecule has 0 bridgehead atoms. The SMILES string of the molecule is NC(=O)CCC(N)C(=O)NC(Cc1ccccc1)C(=O)NC(Cc1ccc(O)cc1)C(=O)N1CCCC1C(=O)O. The number of primary amides is 1. The zero-order chi connectivity index (χ0) is 29.2. The molecule has 12 nitrogen and oxygen atoms in total. The van der Waals surface area contributed by atoms with E-state index < -0.39 is 53.8 Å². The lowest BCUT2D eigenvalue weighted by atomic mass is 10.0. The highest BCUT2D eigenvalue weighted by Gasteiger charge is 2.38. The number of carboxylic acid groups (broad SMARTS) is 1. The molecule has 4 atom stereocenters. The third-order valence-electron chi connectivity index (χ3n) is 6.77. The number of nitrogens with two attached hydrogens (primary N) is 2. The van der Waals surface area contributed by atoms with Gasteiger partial charge < -0.3 is 37.2 Å². The van der Waals surface area contributed by atoms with Crippen molar-refractivity contribution in [3.63, 3.8) is 0 Å². The van der Waals surface area contributed by atoms with Crippen LogP contribution in [-0.2, 0) is 36.8 Å². The normalized spacial score (nSPS) is 16.9. The molecule has 2 aromatic rings. The van der Waals surface area contributed by atoms with Crippen LogP contribution in [0.15, 0.2) is 54.6 Å². The Bertz CT molecular complexity index is 1210. The van der Waals surface area contributed by atoms with Gasteiger partial charge in [0.2, 0.25) is 23.6 Å². The topological polar surface area (TPSA) is 205 Å². The summed E-state index contributed by atoms with van der Waals surface area (Å²) in [7, 11) is 0. The number of hydrogen-bond donors (Lipinski definition) is 6. The molecule has 3 rings (SSSR count). The molecule has 214 valence electrons. The average Bonchev–Trinajstić information content (AvgIpc) is 3.42. The highest BCUT2D eigenvalue weighted by atomic mass is 16.4. The van der Waals surface area contributed by atoms with Crippen LogP contribution in [0.25, 0.3) is 0 Å². The summed E-state index contributed by atoms with van der Waals surface area (Å²) in [5.74, 6) is -3.60. The van der Waals surface area contributed by atoms with E-state index in [1.807, 2.05) is 0 Å². The Morgan fingerprint density at radius 1 is 0.900 bits per heavy atom. The molecule has 12 heteroatoms. The van der Waals surface area contributed by atoms with Crippen molar-refractivity contribution in [2.75, 3.05) is 6.54 Å². The van der Waals surface area contributed by atoms with E-state index in [2.05, 4.69) is 10.6 Å². The molecule has 1 fully saturated rings. The number of carboxylic acids is 1. The monoisotopic (exact) mass is 553 g/mol. The first-order valence-electron chi connectivity index (χ1n) is 13.0. The molecule has 0 aromatic heterocycles. The fourth-order valence-corrected chi connectivity index (χ4v) is 4.59. The lowest BCUT2D eigenvalue weighted by Gasteiger charge is -2.29. The molecule has 4 amide bonds. The standard InChI is InChI=1S/C28H35N5O7/c29-20(12-13-24(30)35)25(36)31-21(15-17-5-2-1-3-6-17)26(37)32-22(16-18-8-10-19(34)11-9-18)27(38)33-14-4-7-23(33)28(39)40/h1-3,5-6,8-11,20-23,34H,4,7,12-16,29H2,(H2,30,35)(H,31,36)(H,32,37)(H,39,40). The van der Waals surface area contributed by atoms with Gasteiger partial charge in [-0.25, -0.2) is 4.79 Å². The first-order valence-corrected chi connectivity index (χ1v) is 13.0. The van der Waals surface area contributed by atoms with E-state index in [4.69, 9.17) is 11.5 Å². The van der Waals surface area contributed by atoms with Crippen molar-refractivity contribution in [3.05, 3.63) is 65.7 Å². The molecule has 1 aliphatic heterocycles. The average molecular weight is 554 g/mol. The number of carbonyl (C=O) groups excluding carboxylic acids is 4. The molecule has 4 unspecified atom stereocenters. The second-order valence-electron chi connectivity index (χ2n) is 9.82. The van der Waals surface area contributed by atoms with Gasteiger partial charge in [0.05, 0.1) is 6.04 Å². The molecule has 0 radical (unpaired) electrons. The Balaban J connectivity index is 1.85. The number of carbonyl (C=O) groups is 5. The van der Waals surface area contributed by atoms with Crippen LogP contribution in [0.5, 0.6) is 5.75 Å². The van der Waals surface area contributed by atoms with Crippen LogP contribution in [0.3, 0.4) is 0 Å². The van der Waals surface area contributed by atoms with Gasteiger partial charge in [-0.2, -0.15) is 0 Å². The lowest BCUT2D eigenvalue weighted by Crippen LogP contribution is -2.58. The largest absolute Gasteiger partial charge is 0.508 e. The highest BCUT2D eigenvalue weighted by Crippen LogP contribution is 2.20. The fourth-order valence-electron chi connectivity index (χ4n) is 4.59. The summed E-state index contributed by atoms with van der Waals surface area (Å²) in [6.45, 7) is 0.233. The van der Waals surface area contributed by atoms with Crippen LogP contribution in [0.2, 0.25) is 0 Å². The number of amides is 4. The number of phenols is 1. The van der Waals surface area contributed by atoms with Crippen molar-refractivity contribution in [3.8, 4) is 5.75 Å². The Labute approximate surface area is 231 Å². The van der Waals surface area contributed by atoms with E-state index in [1.54, 1.807) is 42.5 Å². The number of nitrogens with zero attached hydrogens (tertiary/aromatic N) is 1. The van der Waals surface area contributed by atoms with Gasteiger partial charge in [0, 0.05) is 25.8 Å². The van der Waals surface area contributed by atoms with Gasteiger partial charge in [-0.15, -0.1) is 0 Å². The van der Waals surface area contributed by atoms with E-state index in [-0.39, 0.29) is 38.0 Å². The van der Waals surface area contributed by atoms with Gasteiger partial charge >= 0.3 is 5.97 Å². The lowest BCUT2D eigenvalue weighted by molar-refractivity contribution is -0.149. The summed E-state index contributed by atoms with van der Waals surface area (Å²) in [6, 6.07) is 10.6. The van der Waals surface area contributed by atoms with Gasteiger partial charge in [-0.3, -0.25) is 19.2 Å². The van der Waals surface area contributed by atoms with Crippen LogP contribution in [0.1, 0.15) is 36.8 Å². The number of nitrogens with one attached hydrogen (secondary N) is 2. The van der Waals surface area contributed by atoms with Crippen molar-refractivity contribution in [2.45, 2.75) is 62.7 Å². The predicted octanol–water partition coefficient (Wildman–Crippen LogP) is -0.185. The molecule has 1 saturated heterocycles. The van der Waals surface area contributed by atoms with E-state index in [1.165, 1.54) is 17.0 Å². The van der Waals surface area contributed by atoms with E-state index in [9.17, 15) is 34.2 Å². The van der Waals surface area contributed by atoms with E-state index >= 15 is 0 Å². The van der Waals surface area contributed by atoms with Crippen molar-refractivity contribution in [1.29, 1.82) is 0 Å². The third kappa shape index (κ3) is 8.53. The molecule has 1 heterocycles. The second kappa shape index (κ2) is 14.1. The number of hydrogen-bond acceptors (Lipinski definition) is 7. The smallest absolute Gasteiger partial charge is 0.326 e. The van der Waals surface area contributed by atoms with Crippen molar-refractivity contribution < 1.29 is 34.2 Å². The number of aliphatic carboxylic acids is 1. The van der Waals surface area contributed by atoms with Crippen LogP contribution in [0.4, 0.5) is 0 Å². The highest BCUT2D eigenvalue weighted by molar-refractivity contribution is 5.94. The Morgan fingerprint density at radius 3 is 2.12 bits per heavy atom. The number of benzene rings is 2. The Hall–Kier alpha value is -4.45. The quantitative estimate of drug-likeness (QED) is 0.196. The minimum absolute atomic E-state index is 0.00561. The van der Waals surface area contributed by atoms with Gasteiger partial charge in [-0.05, 0) is 42.5 Å². The van der Waals surface area contributed by atoms with Crippen LogP contribution >= 0.6 is 0 Å². The molecular weight excluding hydrogens is 518 g/mol. The van der Waals surface area contributed by atoms with Crippen molar-refractivity contribution in [1.82, 2.24) is 15.5 Å². The van der Waals surface area contributed by atoms with Gasteiger partial charge in [0.25, 0.3) is 0 Å². The zero-order valence-corrected chi connectivity index (χ0v) is 22.0. The number of likely N-dealkylation sites (tertiary alicyclic amines) is 1. The minimum atomic E-state index is -1.14. The maximum Gasteiger partial charge on any atom is 0.326 e. The molecule has 1 aliphatic rings. The van der Waals surface area contributed by atoms with E-state index in [0.717, 1.165) is 5.56 Å². The third-order valence-corrected chi connectivity index (χ3v) is 6.77. The van der Waals surface area contributed by atoms with Gasteiger partial charge in [-0.1, -0.05) is 42.5 Å². The molecule has 2 aromatic carbocycles. The first kappa shape index (κ1) is 30.1. The summed E-state index contributed by atoms with van der Waals surface area (Å²) in [4.78, 5) is 64.1. The molecular formula is C28H35N5O7. The molecule has 8 N–H and O–H groups in total. The molecule has 40 heavy (non-hydrogen) atoms. The van der Waals surface area contributed by atoms with E-state index in [0.29, 0.717) is 18.4 Å². The Morgan fingerprint density at radius 2 is 1.50 bits per heavy atom. The maximum absolute atomic E-state index is 13.6. The number of aromatic hydroxyl groups is 1. The minimum Gasteiger partial charge on any atom is -0.508 e. The summed E-state index contributed by atoms with van der Waals surface area (Å²) in [5, 5.41) is 24.6. The van der Waals surface area contributed by atoms with Crippen LogP contribution < -0.4 is 22.1 Å². The molecule has 0 aliphatic carbocycles. The second-order valence-corrected chi connectivity index (χ2v) is 9.82. The van der Waals surface area contributed by atoms with Crippen molar-refractivity contribution in [2.24, 2.45) is 11.5 Å². The van der Waals surface area contributed by atoms with Gasteiger partial charge in [0.15, 0.2) is 0 Å². The van der Waals surface area contributed by atoms with Gasteiger partial charge in [0.1, 0.15) is 23.9 Å². The summed E-state index contributed by atoms with van der Waals surface area (Å²) < 4.78 is 0. The maximum atomic E-state index is 13.6. The summed E-state index contributed by atoms with van der Waals surface area (Å²) >= 11 is 0. The molecule has 0 spiro atoms. The zero-order valence-electron chi connectivity index (χ0n) is 22.0. The molecule has 0 saturated carbocycles. The fraction of sp³-hybridized carbons (Fsp3) is 0.393. The Kier molecular flexibility index (Phi) is 10.6.